The SMILES string of the molecule is Cc1cccc(OCC2CCCN(c3nc(C)nc4c3CCNC4=O)C2)c1. The topological polar surface area (TPSA) is 67.3 Å². The molecule has 1 N–H and O–H groups in total. The van der Waals surface area contributed by atoms with Gasteiger partial charge >= 0.3 is 0 Å². The van der Waals surface area contributed by atoms with Crippen LogP contribution in [0.4, 0.5) is 5.82 Å². The third-order valence-corrected chi connectivity index (χ3v) is 5.27. The van der Waals surface area contributed by atoms with Crippen molar-refractivity contribution in [3.63, 3.8) is 0 Å². The Morgan fingerprint density at radius 3 is 3.04 bits per heavy atom. The standard InChI is InChI=1S/C21H26N4O2/c1-14-5-3-7-17(11-14)27-13-16-6-4-10-25(12-16)20-18-8-9-22-21(26)19(18)23-15(2)24-20/h3,5,7,11,16H,4,6,8-10,12-13H2,1-2H3,(H,22,26). The first kappa shape index (κ1) is 17.8. The molecule has 0 aliphatic carbocycles. The van der Waals surface area contributed by atoms with Gasteiger partial charge in [-0.3, -0.25) is 4.79 Å². The molecule has 2 aliphatic heterocycles. The van der Waals surface area contributed by atoms with Gasteiger partial charge in [-0.1, -0.05) is 12.1 Å². The maximum Gasteiger partial charge on any atom is 0.270 e. The van der Waals surface area contributed by atoms with E-state index in [0.29, 0.717) is 30.6 Å². The summed E-state index contributed by atoms with van der Waals surface area (Å²) in [5.41, 5.74) is 2.74. The van der Waals surface area contributed by atoms with Gasteiger partial charge in [0.05, 0.1) is 6.61 Å². The minimum atomic E-state index is -0.0839. The number of rotatable bonds is 4. The van der Waals surface area contributed by atoms with Crippen LogP contribution in [0.2, 0.25) is 0 Å². The number of benzene rings is 1. The molecule has 1 amide bonds. The van der Waals surface area contributed by atoms with E-state index in [2.05, 4.69) is 34.3 Å². The maximum atomic E-state index is 12.2. The first-order chi connectivity index (χ1) is 13.1. The number of aromatic nitrogens is 2. The molecule has 0 spiro atoms. The van der Waals surface area contributed by atoms with Crippen LogP contribution in [0.5, 0.6) is 5.75 Å². The Balaban J connectivity index is 1.49. The Morgan fingerprint density at radius 1 is 1.30 bits per heavy atom. The lowest BCUT2D eigenvalue weighted by Gasteiger charge is -2.35. The summed E-state index contributed by atoms with van der Waals surface area (Å²) in [6.45, 7) is 7.15. The molecule has 0 bridgehead atoms. The van der Waals surface area contributed by atoms with E-state index in [9.17, 15) is 4.79 Å². The fraction of sp³-hybridized carbons (Fsp3) is 0.476. The summed E-state index contributed by atoms with van der Waals surface area (Å²) >= 11 is 0. The number of piperidine rings is 1. The van der Waals surface area contributed by atoms with E-state index in [-0.39, 0.29) is 5.91 Å². The van der Waals surface area contributed by atoms with E-state index in [4.69, 9.17) is 9.72 Å². The van der Waals surface area contributed by atoms with Crippen LogP contribution >= 0.6 is 0 Å². The minimum Gasteiger partial charge on any atom is -0.493 e. The van der Waals surface area contributed by atoms with Gasteiger partial charge < -0.3 is 15.0 Å². The summed E-state index contributed by atoms with van der Waals surface area (Å²) in [5.74, 6) is 2.88. The van der Waals surface area contributed by atoms with Gasteiger partial charge in [0.15, 0.2) is 0 Å². The number of hydrogen-bond donors (Lipinski definition) is 1. The third-order valence-electron chi connectivity index (χ3n) is 5.27. The van der Waals surface area contributed by atoms with Crippen molar-refractivity contribution in [2.75, 3.05) is 31.1 Å². The molecule has 4 rings (SSSR count). The largest absolute Gasteiger partial charge is 0.493 e. The zero-order valence-corrected chi connectivity index (χ0v) is 16.0. The molecule has 1 fully saturated rings. The van der Waals surface area contributed by atoms with Gasteiger partial charge in [-0.25, -0.2) is 9.97 Å². The Labute approximate surface area is 160 Å². The van der Waals surface area contributed by atoms with Crippen LogP contribution in [0.15, 0.2) is 24.3 Å². The summed E-state index contributed by atoms with van der Waals surface area (Å²) in [7, 11) is 0. The summed E-state index contributed by atoms with van der Waals surface area (Å²) in [6, 6.07) is 8.19. The molecule has 1 saturated heterocycles. The quantitative estimate of drug-likeness (QED) is 0.901. The van der Waals surface area contributed by atoms with Crippen molar-refractivity contribution in [3.05, 3.63) is 46.9 Å². The number of amides is 1. The predicted molar refractivity (Wildman–Crippen MR) is 104 cm³/mol. The second-order valence-corrected chi connectivity index (χ2v) is 7.51. The third kappa shape index (κ3) is 3.89. The van der Waals surface area contributed by atoms with Crippen LogP contribution in [0.1, 0.15) is 40.3 Å². The minimum absolute atomic E-state index is 0.0839. The molecular formula is C21H26N4O2. The van der Waals surface area contributed by atoms with E-state index in [1.807, 2.05) is 19.1 Å². The molecule has 0 saturated carbocycles. The molecule has 2 aromatic rings. The molecule has 1 aromatic heterocycles. The number of fused-ring (bicyclic) bond motifs is 1. The summed E-state index contributed by atoms with van der Waals surface area (Å²) in [6.07, 6.45) is 3.04. The van der Waals surface area contributed by atoms with Crippen LogP contribution in [-0.4, -0.2) is 42.1 Å². The van der Waals surface area contributed by atoms with Crippen LogP contribution in [0, 0.1) is 19.8 Å². The van der Waals surface area contributed by atoms with Gasteiger partial charge in [0.1, 0.15) is 23.1 Å². The molecule has 1 atom stereocenters. The lowest BCUT2D eigenvalue weighted by molar-refractivity contribution is 0.0940. The van der Waals surface area contributed by atoms with Gasteiger partial charge in [0.25, 0.3) is 5.91 Å². The van der Waals surface area contributed by atoms with Crippen LogP contribution in [0.25, 0.3) is 0 Å². The van der Waals surface area contributed by atoms with Gasteiger partial charge in [-0.2, -0.15) is 0 Å². The number of anilines is 1. The molecule has 1 aromatic carbocycles. The number of nitrogens with zero attached hydrogens (tertiary/aromatic N) is 3. The number of carbonyl (C=O) groups excluding carboxylic acids is 1. The average molecular weight is 366 g/mol. The fourth-order valence-corrected chi connectivity index (χ4v) is 3.96. The molecule has 0 radical (unpaired) electrons. The Hall–Kier alpha value is -2.63. The summed E-state index contributed by atoms with van der Waals surface area (Å²) in [4.78, 5) is 23.6. The van der Waals surface area contributed by atoms with Crippen LogP contribution in [-0.2, 0) is 6.42 Å². The molecule has 142 valence electrons. The number of aryl methyl sites for hydroxylation is 2. The van der Waals surface area contributed by atoms with Crippen molar-refractivity contribution < 1.29 is 9.53 Å². The average Bonchev–Trinajstić information content (AvgIpc) is 2.67. The van der Waals surface area contributed by atoms with E-state index >= 15 is 0 Å². The lowest BCUT2D eigenvalue weighted by Crippen LogP contribution is -2.41. The van der Waals surface area contributed by atoms with Gasteiger partial charge in [0.2, 0.25) is 0 Å². The highest BCUT2D eigenvalue weighted by atomic mass is 16.5. The molecule has 2 aliphatic rings. The monoisotopic (exact) mass is 366 g/mol. The summed E-state index contributed by atoms with van der Waals surface area (Å²) in [5, 5.41) is 2.88. The fourth-order valence-electron chi connectivity index (χ4n) is 3.96. The van der Waals surface area contributed by atoms with Crippen molar-refractivity contribution in [2.45, 2.75) is 33.1 Å². The highest BCUT2D eigenvalue weighted by molar-refractivity contribution is 5.96. The van der Waals surface area contributed by atoms with Crippen molar-refractivity contribution in [1.82, 2.24) is 15.3 Å². The van der Waals surface area contributed by atoms with Gasteiger partial charge in [-0.15, -0.1) is 0 Å². The molecular weight excluding hydrogens is 340 g/mol. The van der Waals surface area contributed by atoms with E-state index in [1.54, 1.807) is 0 Å². The first-order valence-corrected chi connectivity index (χ1v) is 9.70. The van der Waals surface area contributed by atoms with Crippen molar-refractivity contribution in [1.29, 1.82) is 0 Å². The molecule has 27 heavy (non-hydrogen) atoms. The van der Waals surface area contributed by atoms with E-state index in [0.717, 1.165) is 49.5 Å². The van der Waals surface area contributed by atoms with E-state index < -0.39 is 0 Å². The van der Waals surface area contributed by atoms with E-state index in [1.165, 1.54) is 5.56 Å². The van der Waals surface area contributed by atoms with Crippen LogP contribution in [0.3, 0.4) is 0 Å². The Bertz CT molecular complexity index is 852. The first-order valence-electron chi connectivity index (χ1n) is 9.70. The Morgan fingerprint density at radius 2 is 2.19 bits per heavy atom. The molecule has 1 unspecified atom stereocenters. The zero-order valence-electron chi connectivity index (χ0n) is 16.0. The smallest absolute Gasteiger partial charge is 0.270 e. The van der Waals surface area contributed by atoms with Crippen LogP contribution < -0.4 is 15.0 Å². The maximum absolute atomic E-state index is 12.2. The van der Waals surface area contributed by atoms with Crippen molar-refractivity contribution in [3.8, 4) is 5.75 Å². The highest BCUT2D eigenvalue weighted by Gasteiger charge is 2.28. The number of hydrogen-bond acceptors (Lipinski definition) is 5. The summed E-state index contributed by atoms with van der Waals surface area (Å²) < 4.78 is 6.04. The van der Waals surface area contributed by atoms with Crippen molar-refractivity contribution >= 4 is 11.7 Å². The van der Waals surface area contributed by atoms with Crippen molar-refractivity contribution in [2.24, 2.45) is 5.92 Å². The number of carbonyl (C=O) groups is 1. The second kappa shape index (κ2) is 7.55. The number of ether oxygens (including phenoxy) is 1. The second-order valence-electron chi connectivity index (χ2n) is 7.51. The molecule has 6 heteroatoms. The highest BCUT2D eigenvalue weighted by Crippen LogP contribution is 2.28. The number of nitrogens with one attached hydrogen (secondary N) is 1. The predicted octanol–water partition coefficient (Wildman–Crippen LogP) is 2.67. The van der Waals surface area contributed by atoms with Gasteiger partial charge in [-0.05, 0) is 50.8 Å². The molecule has 3 heterocycles. The lowest BCUT2D eigenvalue weighted by atomic mass is 9.97. The normalized spacial score (nSPS) is 19.4. The molecule has 6 nitrogen and oxygen atoms in total. The Kier molecular flexibility index (Phi) is 4.97. The zero-order chi connectivity index (χ0) is 18.8. The van der Waals surface area contributed by atoms with Gasteiger partial charge in [0, 0.05) is 31.1 Å².